The minimum absolute atomic E-state index is 0.0879. The second kappa shape index (κ2) is 15.1. The minimum atomic E-state index is -1.12. The molecule has 226 valence electrons. The van der Waals surface area contributed by atoms with Gasteiger partial charge in [0, 0.05) is 7.05 Å². The lowest BCUT2D eigenvalue weighted by atomic mass is 9.99. The Morgan fingerprint density at radius 2 is 1.17 bits per heavy atom. The summed E-state index contributed by atoms with van der Waals surface area (Å²) >= 11 is 0. The molecule has 2 saturated carbocycles. The van der Waals surface area contributed by atoms with E-state index in [2.05, 4.69) is 117 Å². The molecule has 0 N–H and O–H groups in total. The van der Waals surface area contributed by atoms with Crippen LogP contribution in [0.25, 0.3) is 0 Å². The van der Waals surface area contributed by atoms with Gasteiger partial charge in [-0.2, -0.15) is 0 Å². The predicted octanol–water partition coefficient (Wildman–Crippen LogP) is 9.03. The normalized spacial score (nSPS) is 18.9. The van der Waals surface area contributed by atoms with Crippen LogP contribution in [0.2, 0.25) is 0 Å². The summed E-state index contributed by atoms with van der Waals surface area (Å²) in [4.78, 5) is 0. The van der Waals surface area contributed by atoms with Crippen molar-refractivity contribution < 1.29 is 4.21 Å². The fraction of sp³-hybridized carbons (Fsp3) is 0.514. The van der Waals surface area contributed by atoms with E-state index in [1.807, 2.05) is 0 Å². The van der Waals surface area contributed by atoms with Crippen molar-refractivity contribution in [2.45, 2.75) is 107 Å². The summed E-state index contributed by atoms with van der Waals surface area (Å²) in [6.07, 6.45) is 14.9. The Labute approximate surface area is 261 Å². The van der Waals surface area contributed by atoms with Crippen molar-refractivity contribution in [3.05, 3.63) is 90.5 Å². The molecule has 5 rings (SSSR count). The van der Waals surface area contributed by atoms with Gasteiger partial charge in [-0.05, 0) is 93.3 Å². The van der Waals surface area contributed by atoms with Crippen LogP contribution < -0.4 is 15.9 Å². The monoisotopic (exact) mass is 619 g/mol. The molecule has 0 aliphatic heterocycles. The van der Waals surface area contributed by atoms with Crippen molar-refractivity contribution in [2.75, 3.05) is 13.2 Å². The molecule has 0 bridgehead atoms. The molecule has 2 atom stereocenters. The summed E-state index contributed by atoms with van der Waals surface area (Å²) in [6, 6.07) is 31.7. The SMILES string of the molecule is CN([C@H](CP(c1ccccc1)c1ccccc1)c1ccccc1P(C1CCCCC1)C1CCCCC1)[S@](=O)C(C)(C)C. The van der Waals surface area contributed by atoms with Crippen LogP contribution in [0.1, 0.15) is 96.6 Å². The van der Waals surface area contributed by atoms with E-state index in [1.165, 1.54) is 80.4 Å². The molecule has 0 aromatic heterocycles. The van der Waals surface area contributed by atoms with Crippen molar-refractivity contribution in [3.63, 3.8) is 0 Å². The summed E-state index contributed by atoms with van der Waals surface area (Å²) in [5, 5.41) is 4.43. The molecule has 0 unspecified atom stereocenters. The first kappa shape index (κ1) is 32.0. The topological polar surface area (TPSA) is 20.3 Å². The minimum Gasteiger partial charge on any atom is -0.242 e. The lowest BCUT2D eigenvalue weighted by molar-refractivity contribution is 0.423. The smallest absolute Gasteiger partial charge is 0.100 e. The number of benzene rings is 3. The molecule has 0 heterocycles. The largest absolute Gasteiger partial charge is 0.242 e. The van der Waals surface area contributed by atoms with Gasteiger partial charge in [-0.25, -0.2) is 8.51 Å². The van der Waals surface area contributed by atoms with Crippen molar-refractivity contribution in [1.29, 1.82) is 0 Å². The first-order valence-corrected chi connectivity index (χ1v) is 20.4. The highest BCUT2D eigenvalue weighted by molar-refractivity contribution is 7.84. The number of hydrogen-bond donors (Lipinski definition) is 0. The third-order valence-corrected chi connectivity index (χ3v) is 17.2. The Morgan fingerprint density at radius 3 is 1.64 bits per heavy atom. The van der Waals surface area contributed by atoms with Crippen molar-refractivity contribution >= 4 is 42.7 Å². The number of nitrogens with zero attached hydrogens (tertiary/aromatic N) is 1. The Kier molecular flexibility index (Phi) is 11.5. The molecule has 0 spiro atoms. The second-order valence-corrected chi connectivity index (χ2v) is 20.6. The van der Waals surface area contributed by atoms with Crippen LogP contribution in [-0.2, 0) is 11.0 Å². The fourth-order valence-electron chi connectivity index (χ4n) is 7.12. The van der Waals surface area contributed by atoms with Crippen molar-refractivity contribution in [3.8, 4) is 0 Å². The maximum Gasteiger partial charge on any atom is 0.100 e. The highest BCUT2D eigenvalue weighted by Gasteiger charge is 2.38. The van der Waals surface area contributed by atoms with E-state index in [9.17, 15) is 4.21 Å². The molecule has 2 aliphatic rings. The Hall–Kier alpha value is -1.37. The predicted molar refractivity (Wildman–Crippen MR) is 189 cm³/mol. The number of rotatable bonds is 10. The van der Waals surface area contributed by atoms with Crippen LogP contribution >= 0.6 is 15.8 Å². The lowest BCUT2D eigenvalue weighted by Crippen LogP contribution is -2.41. The molecule has 2 fully saturated rings. The van der Waals surface area contributed by atoms with Gasteiger partial charge < -0.3 is 0 Å². The Morgan fingerprint density at radius 1 is 0.714 bits per heavy atom. The van der Waals surface area contributed by atoms with E-state index >= 15 is 0 Å². The molecule has 0 saturated heterocycles. The third-order valence-electron chi connectivity index (χ3n) is 9.23. The Bertz CT molecular complexity index is 1210. The van der Waals surface area contributed by atoms with E-state index in [-0.39, 0.29) is 18.7 Å². The van der Waals surface area contributed by atoms with Gasteiger partial charge in [-0.3, -0.25) is 0 Å². The molecule has 3 aromatic carbocycles. The standard InChI is InChI=1S/C37H51NOP2S/c1-37(2,3)42(39)38(4)35(29-40(30-19-9-5-10-20-30)31-21-11-6-12-22-31)34-27-17-18-28-36(34)41(32-23-13-7-14-24-32)33-25-15-8-16-26-33/h5-6,9-12,17-22,27-28,32-33,35H,7-8,13-16,23-26,29H2,1-4H3/t35-,42-/m1/s1. The second-order valence-electron chi connectivity index (χ2n) is 13.3. The average molecular weight is 620 g/mol. The lowest BCUT2D eigenvalue weighted by Gasteiger charge is -2.42. The van der Waals surface area contributed by atoms with Gasteiger partial charge in [0.05, 0.1) is 10.8 Å². The maximum absolute atomic E-state index is 14.2. The third kappa shape index (κ3) is 7.82. The zero-order valence-corrected chi connectivity index (χ0v) is 28.9. The zero-order valence-electron chi connectivity index (χ0n) is 26.3. The fourth-order valence-corrected chi connectivity index (χ4v) is 15.1. The summed E-state index contributed by atoms with van der Waals surface area (Å²) in [6.45, 7) is 6.37. The molecular formula is C37H51NOP2S. The van der Waals surface area contributed by atoms with E-state index in [0.29, 0.717) is 0 Å². The van der Waals surface area contributed by atoms with Gasteiger partial charge in [-0.1, -0.05) is 131 Å². The van der Waals surface area contributed by atoms with Crippen LogP contribution in [0.15, 0.2) is 84.9 Å². The molecule has 42 heavy (non-hydrogen) atoms. The summed E-state index contributed by atoms with van der Waals surface area (Å²) < 4.78 is 16.1. The molecule has 5 heteroatoms. The van der Waals surface area contributed by atoms with Gasteiger partial charge in [0.15, 0.2) is 0 Å². The first-order valence-electron chi connectivity index (χ1n) is 16.2. The van der Waals surface area contributed by atoms with E-state index in [1.54, 1.807) is 5.30 Å². The van der Waals surface area contributed by atoms with Crippen LogP contribution in [0.4, 0.5) is 0 Å². The summed E-state index contributed by atoms with van der Waals surface area (Å²) in [5.74, 6) is 0. The van der Waals surface area contributed by atoms with Crippen molar-refractivity contribution in [2.24, 2.45) is 0 Å². The summed E-state index contributed by atoms with van der Waals surface area (Å²) in [7, 11) is 0.107. The van der Waals surface area contributed by atoms with Gasteiger partial charge in [0.2, 0.25) is 0 Å². The molecule has 3 aromatic rings. The zero-order chi connectivity index (χ0) is 29.5. The van der Waals surface area contributed by atoms with Crippen molar-refractivity contribution in [1.82, 2.24) is 4.31 Å². The number of hydrogen-bond acceptors (Lipinski definition) is 1. The summed E-state index contributed by atoms with van der Waals surface area (Å²) in [5.41, 5.74) is 3.13. The first-order chi connectivity index (χ1) is 20.3. The molecule has 2 nitrogen and oxygen atoms in total. The highest BCUT2D eigenvalue weighted by atomic mass is 32.2. The maximum atomic E-state index is 14.2. The van der Waals surface area contributed by atoms with Gasteiger partial charge in [0.1, 0.15) is 11.0 Å². The van der Waals surface area contributed by atoms with Gasteiger partial charge in [-0.15, -0.1) is 0 Å². The van der Waals surface area contributed by atoms with Crippen LogP contribution in [0, 0.1) is 0 Å². The van der Waals surface area contributed by atoms with Crippen LogP contribution in [0.3, 0.4) is 0 Å². The molecule has 2 aliphatic carbocycles. The quantitative estimate of drug-likeness (QED) is 0.207. The van der Waals surface area contributed by atoms with E-state index in [0.717, 1.165) is 17.5 Å². The van der Waals surface area contributed by atoms with Gasteiger partial charge in [0.25, 0.3) is 0 Å². The van der Waals surface area contributed by atoms with Gasteiger partial charge >= 0.3 is 0 Å². The highest BCUT2D eigenvalue weighted by Crippen LogP contribution is 2.56. The molecule has 0 radical (unpaired) electrons. The average Bonchev–Trinajstić information content (AvgIpc) is 3.03. The Balaban J connectivity index is 1.62. The van der Waals surface area contributed by atoms with Crippen LogP contribution in [0.5, 0.6) is 0 Å². The van der Waals surface area contributed by atoms with E-state index < -0.39 is 18.9 Å². The molecule has 0 amide bonds. The molecular weight excluding hydrogens is 568 g/mol. The van der Waals surface area contributed by atoms with Crippen LogP contribution in [-0.4, -0.2) is 37.8 Å². The van der Waals surface area contributed by atoms with E-state index in [4.69, 9.17) is 0 Å².